The second-order valence-corrected chi connectivity index (χ2v) is 6.62. The topological polar surface area (TPSA) is 38.9 Å². The smallest absolute Gasteiger partial charge is 0.0419 e. The summed E-state index contributed by atoms with van der Waals surface area (Å²) >= 11 is 0. The van der Waals surface area contributed by atoms with Crippen molar-refractivity contribution in [2.75, 3.05) is 0 Å². The highest BCUT2D eigenvalue weighted by molar-refractivity contribution is 5.13. The second-order valence-electron chi connectivity index (χ2n) is 6.62. The molecule has 1 heterocycles. The molecule has 2 nitrogen and oxygen atoms in total. The molecule has 1 saturated carbocycles. The van der Waals surface area contributed by atoms with Crippen LogP contribution >= 0.6 is 0 Å². The van der Waals surface area contributed by atoms with Crippen LogP contribution in [0.3, 0.4) is 0 Å². The van der Waals surface area contributed by atoms with Crippen molar-refractivity contribution >= 4 is 0 Å². The fraction of sp³-hybridized carbons (Fsp3) is 0.722. The predicted molar refractivity (Wildman–Crippen MR) is 85.6 cm³/mol. The lowest BCUT2D eigenvalue weighted by molar-refractivity contribution is 0.230. The van der Waals surface area contributed by atoms with E-state index in [4.69, 9.17) is 5.73 Å². The third-order valence-corrected chi connectivity index (χ3v) is 4.88. The minimum absolute atomic E-state index is 0.289. The summed E-state index contributed by atoms with van der Waals surface area (Å²) in [6.07, 6.45) is 12.5. The van der Waals surface area contributed by atoms with Gasteiger partial charge in [-0.3, -0.25) is 4.98 Å². The van der Waals surface area contributed by atoms with Crippen molar-refractivity contribution in [1.82, 2.24) is 4.98 Å². The fourth-order valence-electron chi connectivity index (χ4n) is 3.43. The number of nitrogens with two attached hydrogens (primary N) is 1. The fourth-order valence-corrected chi connectivity index (χ4v) is 3.43. The molecule has 0 amide bonds. The summed E-state index contributed by atoms with van der Waals surface area (Å²) in [5.41, 5.74) is 8.79. The van der Waals surface area contributed by atoms with E-state index in [-0.39, 0.29) is 6.04 Å². The van der Waals surface area contributed by atoms with Crippen LogP contribution < -0.4 is 5.73 Å². The van der Waals surface area contributed by atoms with Gasteiger partial charge < -0.3 is 5.73 Å². The standard InChI is InChI=1S/C18H30N2/c1-3-4-5-15-7-9-16(10-8-15)18(19)12-17-11-6-14(2)13-20-17/h6,11,13,15-16,18H,3-5,7-10,12,19H2,1-2H3. The van der Waals surface area contributed by atoms with Gasteiger partial charge in [-0.15, -0.1) is 0 Å². The molecule has 1 fully saturated rings. The highest BCUT2D eigenvalue weighted by atomic mass is 14.7. The third-order valence-electron chi connectivity index (χ3n) is 4.88. The number of nitrogens with zero attached hydrogens (tertiary/aromatic N) is 1. The van der Waals surface area contributed by atoms with Crippen LogP contribution in [0.25, 0.3) is 0 Å². The molecule has 0 spiro atoms. The number of aryl methyl sites for hydroxylation is 1. The van der Waals surface area contributed by atoms with Crippen LogP contribution in [0.2, 0.25) is 0 Å². The molecule has 1 aliphatic rings. The molecule has 112 valence electrons. The Morgan fingerprint density at radius 1 is 1.25 bits per heavy atom. The van der Waals surface area contributed by atoms with Crippen molar-refractivity contribution < 1.29 is 0 Å². The van der Waals surface area contributed by atoms with Gasteiger partial charge in [0, 0.05) is 24.4 Å². The van der Waals surface area contributed by atoms with Crippen LogP contribution in [0.4, 0.5) is 0 Å². The van der Waals surface area contributed by atoms with E-state index < -0.39 is 0 Å². The van der Waals surface area contributed by atoms with Crippen LogP contribution in [0.1, 0.15) is 63.1 Å². The SMILES string of the molecule is CCCCC1CCC(C(N)Cc2ccc(C)cn2)CC1. The molecular weight excluding hydrogens is 244 g/mol. The Morgan fingerprint density at radius 2 is 2.00 bits per heavy atom. The maximum absolute atomic E-state index is 6.42. The van der Waals surface area contributed by atoms with E-state index in [9.17, 15) is 0 Å². The first kappa shape index (κ1) is 15.5. The van der Waals surface area contributed by atoms with Gasteiger partial charge in [0.25, 0.3) is 0 Å². The van der Waals surface area contributed by atoms with E-state index >= 15 is 0 Å². The van der Waals surface area contributed by atoms with Crippen molar-refractivity contribution in [3.8, 4) is 0 Å². The highest BCUT2D eigenvalue weighted by Crippen LogP contribution is 2.33. The van der Waals surface area contributed by atoms with E-state index in [2.05, 4.69) is 31.0 Å². The van der Waals surface area contributed by atoms with Crippen LogP contribution in [0.15, 0.2) is 18.3 Å². The van der Waals surface area contributed by atoms with Crippen LogP contribution in [0.5, 0.6) is 0 Å². The Bertz CT molecular complexity index is 377. The van der Waals surface area contributed by atoms with Gasteiger partial charge in [-0.2, -0.15) is 0 Å². The zero-order valence-electron chi connectivity index (χ0n) is 13.1. The number of hydrogen-bond donors (Lipinski definition) is 1. The largest absolute Gasteiger partial charge is 0.327 e. The minimum Gasteiger partial charge on any atom is -0.327 e. The molecule has 0 saturated heterocycles. The monoisotopic (exact) mass is 274 g/mol. The lowest BCUT2D eigenvalue weighted by Crippen LogP contribution is -2.35. The van der Waals surface area contributed by atoms with Crippen molar-refractivity contribution in [2.24, 2.45) is 17.6 Å². The lowest BCUT2D eigenvalue weighted by Gasteiger charge is -2.32. The van der Waals surface area contributed by atoms with Gasteiger partial charge in [-0.05, 0) is 43.2 Å². The highest BCUT2D eigenvalue weighted by Gasteiger charge is 2.25. The van der Waals surface area contributed by atoms with Crippen molar-refractivity contribution in [3.05, 3.63) is 29.6 Å². The van der Waals surface area contributed by atoms with E-state index in [1.54, 1.807) is 0 Å². The Morgan fingerprint density at radius 3 is 2.60 bits per heavy atom. The minimum atomic E-state index is 0.289. The zero-order valence-corrected chi connectivity index (χ0v) is 13.1. The third kappa shape index (κ3) is 4.59. The van der Waals surface area contributed by atoms with Gasteiger partial charge >= 0.3 is 0 Å². The summed E-state index contributed by atoms with van der Waals surface area (Å²) < 4.78 is 0. The van der Waals surface area contributed by atoms with Crippen LogP contribution in [-0.4, -0.2) is 11.0 Å². The summed E-state index contributed by atoms with van der Waals surface area (Å²) in [5.74, 6) is 1.67. The summed E-state index contributed by atoms with van der Waals surface area (Å²) in [6.45, 7) is 4.37. The van der Waals surface area contributed by atoms with Gasteiger partial charge in [-0.1, -0.05) is 45.1 Å². The quantitative estimate of drug-likeness (QED) is 0.842. The Hall–Kier alpha value is -0.890. The molecular formula is C18H30N2. The van der Waals surface area contributed by atoms with Crippen molar-refractivity contribution in [1.29, 1.82) is 0 Å². The van der Waals surface area contributed by atoms with E-state index in [0.717, 1.165) is 18.0 Å². The second kappa shape index (κ2) is 7.78. The van der Waals surface area contributed by atoms with Crippen molar-refractivity contribution in [2.45, 2.75) is 71.3 Å². The molecule has 0 aliphatic heterocycles. The van der Waals surface area contributed by atoms with Gasteiger partial charge in [0.2, 0.25) is 0 Å². The van der Waals surface area contributed by atoms with Gasteiger partial charge in [0.15, 0.2) is 0 Å². The van der Waals surface area contributed by atoms with E-state index in [0.29, 0.717) is 5.92 Å². The van der Waals surface area contributed by atoms with Gasteiger partial charge in [0.1, 0.15) is 0 Å². The summed E-state index contributed by atoms with van der Waals surface area (Å²) in [6, 6.07) is 4.55. The van der Waals surface area contributed by atoms with E-state index in [1.165, 1.54) is 50.5 Å². The van der Waals surface area contributed by atoms with Gasteiger partial charge in [-0.25, -0.2) is 0 Å². The number of pyridine rings is 1. The zero-order chi connectivity index (χ0) is 14.4. The molecule has 2 heteroatoms. The first-order chi connectivity index (χ1) is 9.69. The maximum atomic E-state index is 6.42. The molecule has 1 aromatic rings. The molecule has 2 N–H and O–H groups in total. The molecule has 20 heavy (non-hydrogen) atoms. The normalized spacial score (nSPS) is 24.6. The molecule has 0 bridgehead atoms. The Balaban J connectivity index is 1.76. The van der Waals surface area contributed by atoms with E-state index in [1.807, 2.05) is 6.20 Å². The van der Waals surface area contributed by atoms with Crippen LogP contribution in [0, 0.1) is 18.8 Å². The molecule has 2 rings (SSSR count). The van der Waals surface area contributed by atoms with Gasteiger partial charge in [0.05, 0.1) is 0 Å². The number of aromatic nitrogens is 1. The predicted octanol–water partition coefficient (Wildman–Crippen LogP) is 4.26. The summed E-state index contributed by atoms with van der Waals surface area (Å²) in [4.78, 5) is 4.49. The Kier molecular flexibility index (Phi) is 6.03. The maximum Gasteiger partial charge on any atom is 0.0419 e. The first-order valence-electron chi connectivity index (χ1n) is 8.36. The molecule has 1 atom stereocenters. The first-order valence-corrected chi connectivity index (χ1v) is 8.36. The summed E-state index contributed by atoms with van der Waals surface area (Å²) in [7, 11) is 0. The van der Waals surface area contributed by atoms with Crippen molar-refractivity contribution in [3.63, 3.8) is 0 Å². The Labute approximate surface area is 124 Å². The summed E-state index contributed by atoms with van der Waals surface area (Å²) in [5, 5.41) is 0. The molecule has 0 radical (unpaired) electrons. The number of unbranched alkanes of at least 4 members (excludes halogenated alkanes) is 1. The average Bonchev–Trinajstić information content (AvgIpc) is 2.48. The number of rotatable bonds is 6. The molecule has 0 aromatic carbocycles. The molecule has 1 aromatic heterocycles. The lowest BCUT2D eigenvalue weighted by atomic mass is 9.76. The number of hydrogen-bond acceptors (Lipinski definition) is 2. The molecule has 1 aliphatic carbocycles. The van der Waals surface area contributed by atoms with Crippen LogP contribution in [-0.2, 0) is 6.42 Å². The molecule has 1 unspecified atom stereocenters. The average molecular weight is 274 g/mol.